The lowest BCUT2D eigenvalue weighted by Gasteiger charge is -2.17. The van der Waals surface area contributed by atoms with Crippen molar-refractivity contribution in [3.63, 3.8) is 0 Å². The Morgan fingerprint density at radius 3 is 2.83 bits per heavy atom. The Hall–Kier alpha value is -1.65. The van der Waals surface area contributed by atoms with E-state index in [-0.39, 0.29) is 11.9 Å². The molecule has 24 heavy (non-hydrogen) atoms. The molecule has 124 valence electrons. The van der Waals surface area contributed by atoms with Crippen LogP contribution in [0.1, 0.15) is 33.6 Å². The number of aryl methyl sites for hydroxylation is 2. The quantitative estimate of drug-likeness (QED) is 0.867. The van der Waals surface area contributed by atoms with Gasteiger partial charge in [-0.05, 0) is 60.3 Å². The first-order valence-corrected chi connectivity index (χ1v) is 9.78. The van der Waals surface area contributed by atoms with Gasteiger partial charge >= 0.3 is 0 Å². The molecule has 0 spiro atoms. The molecule has 5 rings (SSSR count). The van der Waals surface area contributed by atoms with E-state index in [9.17, 15) is 4.79 Å². The molecule has 3 aliphatic rings. The van der Waals surface area contributed by atoms with Crippen LogP contribution in [-0.2, 0) is 12.8 Å². The van der Waals surface area contributed by atoms with Crippen LogP contribution in [0.4, 0.5) is 0 Å². The van der Waals surface area contributed by atoms with Gasteiger partial charge in [-0.3, -0.25) is 4.79 Å². The van der Waals surface area contributed by atoms with Gasteiger partial charge in [0.2, 0.25) is 0 Å². The Kier molecular flexibility index (Phi) is 3.32. The Bertz CT molecular complexity index is 812. The van der Waals surface area contributed by atoms with Gasteiger partial charge in [-0.2, -0.15) is 0 Å². The van der Waals surface area contributed by atoms with E-state index in [1.165, 1.54) is 28.0 Å². The lowest BCUT2D eigenvalue weighted by Crippen LogP contribution is -2.33. The number of carbonyl (C=O) groups excluding carboxylic acids is 1. The van der Waals surface area contributed by atoms with Crippen LogP contribution in [0.25, 0.3) is 10.4 Å². The minimum Gasteiger partial charge on any atom is -0.337 e. The topological polar surface area (TPSA) is 46.3 Å². The van der Waals surface area contributed by atoms with E-state index in [1.807, 2.05) is 0 Å². The van der Waals surface area contributed by atoms with Crippen molar-refractivity contribution in [1.29, 1.82) is 0 Å². The van der Waals surface area contributed by atoms with Crippen LogP contribution < -0.4 is 5.73 Å². The molecule has 3 atom stereocenters. The monoisotopic (exact) mass is 338 g/mol. The van der Waals surface area contributed by atoms with Gasteiger partial charge in [0, 0.05) is 24.0 Å². The number of rotatable bonds is 1. The summed E-state index contributed by atoms with van der Waals surface area (Å²) in [6, 6.07) is 11.0. The number of hydrogen-bond donors (Lipinski definition) is 1. The average molecular weight is 338 g/mol. The SMILES string of the molecule is NC1CCC2CN(C(=O)c3cc4c(s3)-c3ccccc3CC4)CC12. The molecule has 2 heterocycles. The van der Waals surface area contributed by atoms with E-state index in [0.717, 1.165) is 37.2 Å². The van der Waals surface area contributed by atoms with Crippen LogP contribution >= 0.6 is 11.3 Å². The van der Waals surface area contributed by atoms with Crippen molar-refractivity contribution in [2.75, 3.05) is 13.1 Å². The van der Waals surface area contributed by atoms with Crippen LogP contribution in [0.3, 0.4) is 0 Å². The number of fused-ring (bicyclic) bond motifs is 4. The summed E-state index contributed by atoms with van der Waals surface area (Å²) in [5, 5.41) is 0. The Labute approximate surface area is 146 Å². The smallest absolute Gasteiger partial charge is 0.263 e. The zero-order valence-corrected chi connectivity index (χ0v) is 14.5. The molecule has 2 aromatic rings. The lowest BCUT2D eigenvalue weighted by atomic mass is 9.91. The molecule has 1 aromatic carbocycles. The van der Waals surface area contributed by atoms with Gasteiger partial charge < -0.3 is 10.6 Å². The van der Waals surface area contributed by atoms with Gasteiger partial charge in [0.15, 0.2) is 0 Å². The fraction of sp³-hybridized carbons (Fsp3) is 0.450. The molecule has 1 aliphatic heterocycles. The van der Waals surface area contributed by atoms with Crippen molar-refractivity contribution < 1.29 is 4.79 Å². The zero-order valence-electron chi connectivity index (χ0n) is 13.7. The van der Waals surface area contributed by atoms with E-state index in [1.54, 1.807) is 11.3 Å². The molecular formula is C20H22N2OS. The maximum absolute atomic E-state index is 13.0. The van der Waals surface area contributed by atoms with Gasteiger partial charge in [-0.25, -0.2) is 0 Å². The third-order valence-electron chi connectivity index (χ3n) is 6.14. The summed E-state index contributed by atoms with van der Waals surface area (Å²) in [4.78, 5) is 17.3. The molecule has 0 radical (unpaired) electrons. The highest BCUT2D eigenvalue weighted by Crippen LogP contribution is 2.41. The summed E-state index contributed by atoms with van der Waals surface area (Å²) >= 11 is 1.68. The van der Waals surface area contributed by atoms with Gasteiger partial charge in [0.1, 0.15) is 0 Å². The third kappa shape index (κ3) is 2.16. The van der Waals surface area contributed by atoms with E-state index in [2.05, 4.69) is 35.2 Å². The predicted octanol–water partition coefficient (Wildman–Crippen LogP) is 3.32. The molecule has 1 saturated heterocycles. The lowest BCUT2D eigenvalue weighted by molar-refractivity contribution is 0.0784. The summed E-state index contributed by atoms with van der Waals surface area (Å²) < 4.78 is 0. The van der Waals surface area contributed by atoms with Gasteiger partial charge in [-0.1, -0.05) is 24.3 Å². The van der Waals surface area contributed by atoms with Crippen molar-refractivity contribution in [2.45, 2.75) is 31.7 Å². The van der Waals surface area contributed by atoms with Crippen molar-refractivity contribution in [2.24, 2.45) is 17.6 Å². The standard InChI is InChI=1S/C20H22N2OS/c21-17-8-7-14-10-22(11-16(14)17)20(23)18-9-13-6-5-12-3-1-2-4-15(12)19(13)24-18/h1-4,9,14,16-17H,5-8,10-11,21H2. The van der Waals surface area contributed by atoms with Crippen LogP contribution in [0.2, 0.25) is 0 Å². The van der Waals surface area contributed by atoms with Gasteiger partial charge in [0.05, 0.1) is 4.88 Å². The molecule has 1 amide bonds. The summed E-state index contributed by atoms with van der Waals surface area (Å²) in [5.41, 5.74) is 10.3. The number of benzene rings is 1. The Morgan fingerprint density at radius 1 is 1.12 bits per heavy atom. The fourth-order valence-corrected chi connectivity index (χ4v) is 6.04. The molecule has 1 saturated carbocycles. The van der Waals surface area contributed by atoms with Gasteiger partial charge in [0.25, 0.3) is 5.91 Å². The first-order valence-electron chi connectivity index (χ1n) is 8.96. The normalized spacial score (nSPS) is 27.7. The molecule has 0 bridgehead atoms. The number of carbonyl (C=O) groups is 1. The van der Waals surface area contributed by atoms with E-state index in [4.69, 9.17) is 5.73 Å². The van der Waals surface area contributed by atoms with Crippen molar-refractivity contribution in [3.05, 3.63) is 46.3 Å². The molecule has 3 nitrogen and oxygen atoms in total. The Morgan fingerprint density at radius 2 is 1.96 bits per heavy atom. The summed E-state index contributed by atoms with van der Waals surface area (Å²) in [6.07, 6.45) is 4.44. The highest BCUT2D eigenvalue weighted by atomic mass is 32.1. The van der Waals surface area contributed by atoms with Gasteiger partial charge in [-0.15, -0.1) is 11.3 Å². The molecule has 2 aliphatic carbocycles. The first kappa shape index (κ1) is 14.7. The second-order valence-electron chi connectivity index (χ2n) is 7.50. The second-order valence-corrected chi connectivity index (χ2v) is 8.55. The van der Waals surface area contributed by atoms with Crippen molar-refractivity contribution >= 4 is 17.2 Å². The molecule has 1 aromatic heterocycles. The maximum Gasteiger partial charge on any atom is 0.263 e. The average Bonchev–Trinajstić information content (AvgIpc) is 3.30. The highest BCUT2D eigenvalue weighted by molar-refractivity contribution is 7.17. The third-order valence-corrected chi connectivity index (χ3v) is 7.34. The largest absolute Gasteiger partial charge is 0.337 e. The number of amides is 1. The predicted molar refractivity (Wildman–Crippen MR) is 97.3 cm³/mol. The second kappa shape index (κ2) is 5.43. The highest BCUT2D eigenvalue weighted by Gasteiger charge is 2.42. The number of likely N-dealkylation sites (tertiary alicyclic amines) is 1. The molecule has 3 unspecified atom stereocenters. The van der Waals surface area contributed by atoms with Crippen LogP contribution in [0.15, 0.2) is 30.3 Å². The molecule has 2 fully saturated rings. The number of nitrogens with two attached hydrogens (primary N) is 1. The van der Waals surface area contributed by atoms with E-state index < -0.39 is 0 Å². The zero-order chi connectivity index (χ0) is 16.3. The number of nitrogens with zero attached hydrogens (tertiary/aromatic N) is 1. The number of thiophene rings is 1. The minimum absolute atomic E-state index is 0.216. The van der Waals surface area contributed by atoms with Crippen LogP contribution in [0, 0.1) is 11.8 Å². The summed E-state index contributed by atoms with van der Waals surface area (Å²) in [6.45, 7) is 1.75. The summed E-state index contributed by atoms with van der Waals surface area (Å²) in [5.74, 6) is 1.36. The first-order chi connectivity index (χ1) is 11.7. The Balaban J connectivity index is 1.43. The van der Waals surface area contributed by atoms with Crippen molar-refractivity contribution in [1.82, 2.24) is 4.90 Å². The maximum atomic E-state index is 13.0. The van der Waals surface area contributed by atoms with Crippen LogP contribution in [-0.4, -0.2) is 29.9 Å². The molecule has 2 N–H and O–H groups in total. The van der Waals surface area contributed by atoms with E-state index >= 15 is 0 Å². The van der Waals surface area contributed by atoms with Crippen molar-refractivity contribution in [3.8, 4) is 10.4 Å². The number of hydrogen-bond acceptors (Lipinski definition) is 3. The molecule has 4 heteroatoms. The van der Waals surface area contributed by atoms with E-state index in [0.29, 0.717) is 11.8 Å². The molecular weight excluding hydrogens is 316 g/mol. The summed E-state index contributed by atoms with van der Waals surface area (Å²) in [7, 11) is 0. The minimum atomic E-state index is 0.216. The fourth-order valence-electron chi connectivity index (χ4n) is 4.81. The van der Waals surface area contributed by atoms with Crippen LogP contribution in [0.5, 0.6) is 0 Å².